The maximum absolute atomic E-state index is 13.6. The first-order chi connectivity index (χ1) is 16.5. The van der Waals surface area contributed by atoms with Crippen LogP contribution in [0, 0.1) is 6.92 Å². The molecule has 3 aromatic carbocycles. The first kappa shape index (κ1) is 21.7. The van der Waals surface area contributed by atoms with Gasteiger partial charge in [0, 0.05) is 23.7 Å². The number of hydrogen-bond acceptors (Lipinski definition) is 5. The predicted molar refractivity (Wildman–Crippen MR) is 130 cm³/mol. The third kappa shape index (κ3) is 3.69. The number of methoxy groups -OCH3 is 2. The molecule has 0 saturated heterocycles. The van der Waals surface area contributed by atoms with Crippen molar-refractivity contribution in [2.24, 2.45) is 4.99 Å². The molecule has 0 saturated carbocycles. The van der Waals surface area contributed by atoms with Gasteiger partial charge in [0.15, 0.2) is 0 Å². The second kappa shape index (κ2) is 8.67. The molecule has 1 N–H and O–H groups in total. The summed E-state index contributed by atoms with van der Waals surface area (Å²) in [6.45, 7) is 2.60. The molecule has 7 heteroatoms. The molecule has 0 aromatic heterocycles. The minimum Gasteiger partial charge on any atom is -0.497 e. The van der Waals surface area contributed by atoms with Crippen molar-refractivity contribution in [3.05, 3.63) is 88.5 Å². The Balaban J connectivity index is 1.59. The first-order valence-corrected chi connectivity index (χ1v) is 11.1. The zero-order chi connectivity index (χ0) is 23.8. The van der Waals surface area contributed by atoms with Crippen LogP contribution in [-0.4, -0.2) is 44.5 Å². The summed E-state index contributed by atoms with van der Waals surface area (Å²) in [6, 6.07) is 18.9. The van der Waals surface area contributed by atoms with E-state index in [9.17, 15) is 9.59 Å². The van der Waals surface area contributed by atoms with Crippen LogP contribution in [0.1, 0.15) is 32.6 Å². The summed E-state index contributed by atoms with van der Waals surface area (Å²) in [5.74, 6) is 0.220. The smallest absolute Gasteiger partial charge is 0.272 e. The standard InChI is InChI=1S/C27H25N3O4/c1-16-13-18-11-12-30-24(18)21(14-16)23(17-7-5-4-6-8-17)28-25(27(30)32)29-26(31)20-10-9-19(33-2)15-22(20)34-3/h4-10,13-15,25H,11-12H2,1-3H3,(H,29,31)/t25-/m0/s1. The molecule has 2 aliphatic rings. The topological polar surface area (TPSA) is 80.2 Å². The molecule has 2 heterocycles. The van der Waals surface area contributed by atoms with E-state index in [0.29, 0.717) is 29.3 Å². The molecule has 34 heavy (non-hydrogen) atoms. The van der Waals surface area contributed by atoms with Crippen LogP contribution < -0.4 is 19.7 Å². The molecule has 0 spiro atoms. The van der Waals surface area contributed by atoms with Crippen LogP contribution >= 0.6 is 0 Å². The van der Waals surface area contributed by atoms with Crippen LogP contribution in [0.4, 0.5) is 5.69 Å². The molecule has 0 fully saturated rings. The number of ether oxygens (including phenoxy) is 2. The maximum atomic E-state index is 13.6. The molecule has 0 radical (unpaired) electrons. The van der Waals surface area contributed by atoms with Crippen molar-refractivity contribution in [2.45, 2.75) is 19.5 Å². The normalized spacial score (nSPS) is 16.4. The maximum Gasteiger partial charge on any atom is 0.272 e. The summed E-state index contributed by atoms with van der Waals surface area (Å²) >= 11 is 0. The number of anilines is 1. The minimum atomic E-state index is -1.08. The minimum absolute atomic E-state index is 0.254. The van der Waals surface area contributed by atoms with Crippen LogP contribution in [0.5, 0.6) is 11.5 Å². The Morgan fingerprint density at radius 3 is 2.59 bits per heavy atom. The summed E-state index contributed by atoms with van der Waals surface area (Å²) in [5, 5.41) is 2.84. The van der Waals surface area contributed by atoms with Gasteiger partial charge in [-0.15, -0.1) is 0 Å². The fourth-order valence-electron chi connectivity index (χ4n) is 4.62. The van der Waals surface area contributed by atoms with E-state index in [-0.39, 0.29) is 5.91 Å². The molecule has 1 atom stereocenters. The van der Waals surface area contributed by atoms with Gasteiger partial charge >= 0.3 is 0 Å². The van der Waals surface area contributed by atoms with Crippen LogP contribution in [-0.2, 0) is 11.2 Å². The summed E-state index contributed by atoms with van der Waals surface area (Å²) in [4.78, 5) is 33.4. The Labute approximate surface area is 198 Å². The molecule has 172 valence electrons. The Hall–Kier alpha value is -4.13. The number of carbonyl (C=O) groups excluding carboxylic acids is 2. The van der Waals surface area contributed by atoms with Gasteiger partial charge in [0.25, 0.3) is 11.8 Å². The number of aryl methyl sites for hydroxylation is 1. The quantitative estimate of drug-likeness (QED) is 0.639. The van der Waals surface area contributed by atoms with Gasteiger partial charge in [-0.1, -0.05) is 42.0 Å². The van der Waals surface area contributed by atoms with E-state index in [1.807, 2.05) is 37.3 Å². The van der Waals surface area contributed by atoms with Crippen molar-refractivity contribution in [1.82, 2.24) is 5.32 Å². The number of amides is 2. The molecule has 2 amide bonds. The lowest BCUT2D eigenvalue weighted by atomic mass is 9.96. The molecule has 7 nitrogen and oxygen atoms in total. The van der Waals surface area contributed by atoms with E-state index in [4.69, 9.17) is 14.5 Å². The summed E-state index contributed by atoms with van der Waals surface area (Å²) in [7, 11) is 3.03. The lowest BCUT2D eigenvalue weighted by Gasteiger charge is -2.21. The number of nitrogens with zero attached hydrogens (tertiary/aromatic N) is 2. The average molecular weight is 456 g/mol. The van der Waals surface area contributed by atoms with E-state index < -0.39 is 12.1 Å². The lowest BCUT2D eigenvalue weighted by molar-refractivity contribution is -0.120. The van der Waals surface area contributed by atoms with E-state index in [0.717, 1.165) is 34.4 Å². The SMILES string of the molecule is COc1ccc(C(=O)N[C@@H]2N=C(c3ccccc3)c3cc(C)cc4c3N(CC4)C2=O)c(OC)c1. The Morgan fingerprint density at radius 1 is 1.06 bits per heavy atom. The number of nitrogens with one attached hydrogen (secondary N) is 1. The van der Waals surface area contributed by atoms with Gasteiger partial charge < -0.3 is 19.7 Å². The Kier molecular flexibility index (Phi) is 5.53. The zero-order valence-electron chi connectivity index (χ0n) is 19.3. The van der Waals surface area contributed by atoms with E-state index in [2.05, 4.69) is 17.4 Å². The molecule has 0 unspecified atom stereocenters. The fourth-order valence-corrected chi connectivity index (χ4v) is 4.62. The van der Waals surface area contributed by atoms with Gasteiger partial charge in [-0.05, 0) is 37.1 Å². The third-order valence-corrected chi connectivity index (χ3v) is 6.19. The second-order valence-corrected chi connectivity index (χ2v) is 8.35. The number of carbonyl (C=O) groups is 2. The molecule has 2 aliphatic heterocycles. The van der Waals surface area contributed by atoms with Crippen molar-refractivity contribution in [2.75, 3.05) is 25.7 Å². The highest BCUT2D eigenvalue weighted by molar-refractivity contribution is 6.21. The van der Waals surface area contributed by atoms with E-state index >= 15 is 0 Å². The van der Waals surface area contributed by atoms with Crippen LogP contribution in [0.3, 0.4) is 0 Å². The Bertz CT molecular complexity index is 1320. The fraction of sp³-hybridized carbons (Fsp3) is 0.222. The number of benzene rings is 3. The number of aliphatic imine (C=N–C) groups is 1. The molecule has 0 bridgehead atoms. The third-order valence-electron chi connectivity index (χ3n) is 6.19. The number of rotatable bonds is 5. The molecular weight excluding hydrogens is 430 g/mol. The molecular formula is C27H25N3O4. The predicted octanol–water partition coefficient (Wildman–Crippen LogP) is 3.51. The van der Waals surface area contributed by atoms with Crippen LogP contribution in [0.25, 0.3) is 0 Å². The van der Waals surface area contributed by atoms with Crippen molar-refractivity contribution < 1.29 is 19.1 Å². The second-order valence-electron chi connectivity index (χ2n) is 8.35. The van der Waals surface area contributed by atoms with Gasteiger partial charge in [-0.3, -0.25) is 9.59 Å². The molecule has 5 rings (SSSR count). The lowest BCUT2D eigenvalue weighted by Crippen LogP contribution is -2.47. The largest absolute Gasteiger partial charge is 0.497 e. The zero-order valence-corrected chi connectivity index (χ0v) is 19.3. The van der Waals surface area contributed by atoms with Gasteiger partial charge in [0.1, 0.15) is 11.5 Å². The van der Waals surface area contributed by atoms with Gasteiger partial charge in [-0.2, -0.15) is 0 Å². The van der Waals surface area contributed by atoms with Crippen molar-refractivity contribution >= 4 is 23.2 Å². The van der Waals surface area contributed by atoms with Crippen molar-refractivity contribution in [3.8, 4) is 11.5 Å². The molecule has 3 aromatic rings. The summed E-state index contributed by atoms with van der Waals surface area (Å²) in [5.41, 5.74) is 5.89. The van der Waals surface area contributed by atoms with E-state index in [1.54, 1.807) is 30.2 Å². The number of hydrogen-bond donors (Lipinski definition) is 1. The van der Waals surface area contributed by atoms with Gasteiger partial charge in [0.2, 0.25) is 6.17 Å². The van der Waals surface area contributed by atoms with Crippen LogP contribution in [0.2, 0.25) is 0 Å². The highest BCUT2D eigenvalue weighted by Crippen LogP contribution is 2.37. The monoisotopic (exact) mass is 455 g/mol. The highest BCUT2D eigenvalue weighted by atomic mass is 16.5. The van der Waals surface area contributed by atoms with Gasteiger partial charge in [-0.25, -0.2) is 4.99 Å². The van der Waals surface area contributed by atoms with Crippen molar-refractivity contribution in [1.29, 1.82) is 0 Å². The van der Waals surface area contributed by atoms with E-state index in [1.165, 1.54) is 7.11 Å². The van der Waals surface area contributed by atoms with Crippen molar-refractivity contribution in [3.63, 3.8) is 0 Å². The van der Waals surface area contributed by atoms with Crippen LogP contribution in [0.15, 0.2) is 65.7 Å². The summed E-state index contributed by atoms with van der Waals surface area (Å²) in [6.07, 6.45) is -0.307. The average Bonchev–Trinajstić information content (AvgIpc) is 3.24. The van der Waals surface area contributed by atoms with Gasteiger partial charge in [0.05, 0.1) is 31.2 Å². The highest BCUT2D eigenvalue weighted by Gasteiger charge is 2.37. The molecule has 0 aliphatic carbocycles. The first-order valence-electron chi connectivity index (χ1n) is 11.1. The Morgan fingerprint density at radius 2 is 1.85 bits per heavy atom. The summed E-state index contributed by atoms with van der Waals surface area (Å²) < 4.78 is 10.6.